The van der Waals surface area contributed by atoms with Crippen molar-refractivity contribution in [2.75, 3.05) is 11.9 Å². The highest BCUT2D eigenvalue weighted by atomic mass is 19.1. The minimum atomic E-state index is -1.13. The van der Waals surface area contributed by atoms with Gasteiger partial charge in [-0.2, -0.15) is 0 Å². The predicted octanol–water partition coefficient (Wildman–Crippen LogP) is 2.86. The lowest BCUT2D eigenvalue weighted by molar-refractivity contribution is -0.122. The van der Waals surface area contributed by atoms with E-state index >= 15 is 0 Å². The molecule has 0 aliphatic carbocycles. The van der Waals surface area contributed by atoms with E-state index in [0.717, 1.165) is 11.6 Å². The number of halogens is 1. The third-order valence-corrected chi connectivity index (χ3v) is 2.87. The van der Waals surface area contributed by atoms with Crippen LogP contribution in [0.3, 0.4) is 0 Å². The maximum Gasteiger partial charge on any atom is 0.335 e. The largest absolute Gasteiger partial charge is 0.483 e. The van der Waals surface area contributed by atoms with Crippen LogP contribution in [0, 0.1) is 5.82 Å². The van der Waals surface area contributed by atoms with E-state index in [4.69, 9.17) is 15.0 Å². The molecule has 22 heavy (non-hydrogen) atoms. The van der Waals surface area contributed by atoms with Crippen LogP contribution >= 0.6 is 0 Å². The topological polar surface area (TPSA) is 77.8 Å². The molecule has 2 rings (SSSR count). The van der Waals surface area contributed by atoms with Crippen molar-refractivity contribution in [3.05, 3.63) is 65.5 Å². The molecular weight excluding hydrogens is 289 g/mol. The normalized spacial score (nSPS) is 9.36. The van der Waals surface area contributed by atoms with Gasteiger partial charge in [-0.1, -0.05) is 30.3 Å². The second-order valence-corrected chi connectivity index (χ2v) is 4.42. The standard InChI is InChI=1S/C15H14FNO2.CH2O2/c1-17(10-11-5-3-2-4-6-11)14-8-7-12(15(18)19)9-13(14)16;2-1-3/h2-9H,10H2,1H3,(H,18,19);1H,(H,2,3). The van der Waals surface area contributed by atoms with E-state index in [1.54, 1.807) is 11.9 Å². The molecule has 0 radical (unpaired) electrons. The number of carboxylic acids is 1. The summed E-state index contributed by atoms with van der Waals surface area (Å²) in [4.78, 5) is 20.9. The van der Waals surface area contributed by atoms with Crippen LogP contribution in [-0.2, 0) is 11.3 Å². The fraction of sp³-hybridized carbons (Fsp3) is 0.125. The number of nitrogens with zero attached hydrogens (tertiary/aromatic N) is 1. The zero-order valence-electron chi connectivity index (χ0n) is 11.9. The van der Waals surface area contributed by atoms with E-state index < -0.39 is 11.8 Å². The second kappa shape index (κ2) is 8.41. The van der Waals surface area contributed by atoms with Gasteiger partial charge in [0.05, 0.1) is 11.3 Å². The highest BCUT2D eigenvalue weighted by Crippen LogP contribution is 2.21. The Kier molecular flexibility index (Phi) is 6.56. The Labute approximate surface area is 127 Å². The molecule has 5 nitrogen and oxygen atoms in total. The fourth-order valence-electron chi connectivity index (χ4n) is 1.89. The highest BCUT2D eigenvalue weighted by molar-refractivity contribution is 5.88. The van der Waals surface area contributed by atoms with Gasteiger partial charge in [0, 0.05) is 13.6 Å². The molecule has 0 aromatic heterocycles. The summed E-state index contributed by atoms with van der Waals surface area (Å²) in [5.74, 6) is -1.66. The number of anilines is 1. The van der Waals surface area contributed by atoms with Crippen LogP contribution in [0.5, 0.6) is 0 Å². The number of aromatic carboxylic acids is 1. The van der Waals surface area contributed by atoms with Gasteiger partial charge in [0.1, 0.15) is 5.82 Å². The van der Waals surface area contributed by atoms with Gasteiger partial charge in [-0.05, 0) is 23.8 Å². The Bertz CT molecular complexity index is 631. The Morgan fingerprint density at radius 1 is 1.23 bits per heavy atom. The average Bonchev–Trinajstić information content (AvgIpc) is 2.48. The lowest BCUT2D eigenvalue weighted by Gasteiger charge is -2.20. The Hall–Kier alpha value is -2.89. The Balaban J connectivity index is 0.000000745. The minimum Gasteiger partial charge on any atom is -0.483 e. The van der Waals surface area contributed by atoms with Gasteiger partial charge in [-0.25, -0.2) is 9.18 Å². The number of hydrogen-bond acceptors (Lipinski definition) is 3. The smallest absolute Gasteiger partial charge is 0.335 e. The van der Waals surface area contributed by atoms with Crippen LogP contribution in [0.1, 0.15) is 15.9 Å². The van der Waals surface area contributed by atoms with Crippen LogP contribution in [0.4, 0.5) is 10.1 Å². The molecule has 0 unspecified atom stereocenters. The van der Waals surface area contributed by atoms with Gasteiger partial charge < -0.3 is 15.1 Å². The number of rotatable bonds is 4. The third-order valence-electron chi connectivity index (χ3n) is 2.87. The van der Waals surface area contributed by atoms with Gasteiger partial charge in [-0.15, -0.1) is 0 Å². The molecule has 0 spiro atoms. The molecule has 0 fully saturated rings. The first-order valence-corrected chi connectivity index (χ1v) is 6.35. The van der Waals surface area contributed by atoms with Crippen LogP contribution in [0.25, 0.3) is 0 Å². The van der Waals surface area contributed by atoms with Gasteiger partial charge in [0.2, 0.25) is 0 Å². The molecule has 0 saturated heterocycles. The van der Waals surface area contributed by atoms with Crippen molar-refractivity contribution in [2.45, 2.75) is 6.54 Å². The van der Waals surface area contributed by atoms with Crippen LogP contribution < -0.4 is 4.90 Å². The van der Waals surface area contributed by atoms with E-state index in [2.05, 4.69) is 0 Å². The maximum absolute atomic E-state index is 13.9. The lowest BCUT2D eigenvalue weighted by Crippen LogP contribution is -2.18. The van der Waals surface area contributed by atoms with Crippen molar-refractivity contribution < 1.29 is 24.2 Å². The molecule has 0 atom stereocenters. The van der Waals surface area contributed by atoms with Crippen molar-refractivity contribution in [3.8, 4) is 0 Å². The fourth-order valence-corrected chi connectivity index (χ4v) is 1.89. The molecule has 0 aliphatic heterocycles. The van der Waals surface area contributed by atoms with Gasteiger partial charge in [-0.3, -0.25) is 4.79 Å². The second-order valence-electron chi connectivity index (χ2n) is 4.42. The van der Waals surface area contributed by atoms with Crippen molar-refractivity contribution in [1.29, 1.82) is 0 Å². The first-order valence-electron chi connectivity index (χ1n) is 6.35. The third kappa shape index (κ3) is 4.90. The van der Waals surface area contributed by atoms with Crippen LogP contribution in [-0.4, -0.2) is 29.7 Å². The summed E-state index contributed by atoms with van der Waals surface area (Å²) in [5.41, 5.74) is 1.40. The summed E-state index contributed by atoms with van der Waals surface area (Å²) in [7, 11) is 1.77. The molecule has 0 heterocycles. The Morgan fingerprint density at radius 2 is 1.82 bits per heavy atom. The van der Waals surface area contributed by atoms with E-state index in [-0.39, 0.29) is 12.0 Å². The highest BCUT2D eigenvalue weighted by Gasteiger charge is 2.11. The molecular formula is C16H16FNO4. The molecule has 0 amide bonds. The first-order chi connectivity index (χ1) is 10.5. The quantitative estimate of drug-likeness (QED) is 0.849. The number of benzene rings is 2. The summed E-state index contributed by atoms with van der Waals surface area (Å²) >= 11 is 0. The zero-order valence-corrected chi connectivity index (χ0v) is 11.9. The summed E-state index contributed by atoms with van der Waals surface area (Å²) in [6.07, 6.45) is 0. The average molecular weight is 305 g/mol. The van der Waals surface area contributed by atoms with Crippen molar-refractivity contribution in [3.63, 3.8) is 0 Å². The number of carboxylic acid groups (broad SMARTS) is 2. The van der Waals surface area contributed by atoms with E-state index in [9.17, 15) is 9.18 Å². The molecule has 0 aliphatic rings. The minimum absolute atomic E-state index is 0.0469. The van der Waals surface area contributed by atoms with Gasteiger partial charge >= 0.3 is 5.97 Å². The van der Waals surface area contributed by atoms with E-state index in [0.29, 0.717) is 12.2 Å². The molecule has 2 N–H and O–H groups in total. The molecule has 6 heteroatoms. The van der Waals surface area contributed by atoms with Gasteiger partial charge in [0.15, 0.2) is 0 Å². The van der Waals surface area contributed by atoms with Crippen molar-refractivity contribution >= 4 is 18.1 Å². The molecule has 116 valence electrons. The van der Waals surface area contributed by atoms with Crippen LogP contribution in [0.2, 0.25) is 0 Å². The molecule has 0 saturated carbocycles. The molecule has 0 bridgehead atoms. The number of hydrogen-bond donors (Lipinski definition) is 2. The lowest BCUT2D eigenvalue weighted by atomic mass is 10.1. The summed E-state index contributed by atoms with van der Waals surface area (Å²) in [6, 6.07) is 13.6. The van der Waals surface area contributed by atoms with Gasteiger partial charge in [0.25, 0.3) is 6.47 Å². The Morgan fingerprint density at radius 3 is 2.32 bits per heavy atom. The SMILES string of the molecule is CN(Cc1ccccc1)c1ccc(C(=O)O)cc1F.O=CO. The molecule has 2 aromatic carbocycles. The van der Waals surface area contributed by atoms with Crippen molar-refractivity contribution in [2.24, 2.45) is 0 Å². The predicted molar refractivity (Wildman–Crippen MR) is 80.6 cm³/mol. The maximum atomic E-state index is 13.9. The summed E-state index contributed by atoms with van der Waals surface area (Å²) in [6.45, 7) is 0.310. The van der Waals surface area contributed by atoms with Crippen molar-refractivity contribution in [1.82, 2.24) is 0 Å². The summed E-state index contributed by atoms with van der Waals surface area (Å²) < 4.78 is 13.9. The monoisotopic (exact) mass is 305 g/mol. The molecule has 2 aromatic rings. The first kappa shape index (κ1) is 17.2. The van der Waals surface area contributed by atoms with E-state index in [1.807, 2.05) is 30.3 Å². The van der Waals surface area contributed by atoms with E-state index in [1.165, 1.54) is 12.1 Å². The van der Waals surface area contributed by atoms with Crippen LogP contribution in [0.15, 0.2) is 48.5 Å². The zero-order chi connectivity index (χ0) is 16.5. The number of carbonyl (C=O) groups is 2. The summed E-state index contributed by atoms with van der Waals surface area (Å²) in [5, 5.41) is 15.7.